The van der Waals surface area contributed by atoms with Crippen molar-refractivity contribution in [3.8, 4) is 0 Å². The average Bonchev–Trinajstić information content (AvgIpc) is 2.86. The fourth-order valence-corrected chi connectivity index (χ4v) is 3.61. The zero-order valence-corrected chi connectivity index (χ0v) is 12.9. The zero-order chi connectivity index (χ0) is 13.2. The van der Waals surface area contributed by atoms with Gasteiger partial charge < -0.3 is 10.2 Å². The van der Waals surface area contributed by atoms with Crippen LogP contribution in [0, 0.1) is 11.3 Å². The molecule has 0 amide bonds. The van der Waals surface area contributed by atoms with E-state index in [1.807, 2.05) is 0 Å². The van der Waals surface area contributed by atoms with Crippen molar-refractivity contribution in [3.05, 3.63) is 0 Å². The van der Waals surface area contributed by atoms with E-state index >= 15 is 0 Å². The molecule has 1 aliphatic heterocycles. The van der Waals surface area contributed by atoms with Gasteiger partial charge >= 0.3 is 0 Å². The Kier molecular flexibility index (Phi) is 4.38. The number of rotatable bonds is 4. The molecule has 1 N–H and O–H groups in total. The lowest BCUT2D eigenvalue weighted by atomic mass is 9.84. The normalized spacial score (nSPS) is 29.0. The predicted molar refractivity (Wildman–Crippen MR) is 78.9 cm³/mol. The van der Waals surface area contributed by atoms with Gasteiger partial charge in [-0.15, -0.1) is 0 Å². The number of nitrogens with one attached hydrogen (secondary N) is 1. The van der Waals surface area contributed by atoms with Crippen LogP contribution in [0.15, 0.2) is 0 Å². The molecule has 1 unspecified atom stereocenters. The smallest absolute Gasteiger partial charge is 0.00967 e. The molecule has 2 rings (SSSR count). The summed E-state index contributed by atoms with van der Waals surface area (Å²) in [5.41, 5.74) is 0.825. The minimum Gasteiger partial charge on any atom is -0.311 e. The van der Waals surface area contributed by atoms with Crippen molar-refractivity contribution >= 4 is 0 Å². The Morgan fingerprint density at radius 1 is 1.22 bits per heavy atom. The molecule has 0 radical (unpaired) electrons. The molecule has 18 heavy (non-hydrogen) atoms. The van der Waals surface area contributed by atoms with E-state index < -0.39 is 0 Å². The molecule has 2 aliphatic rings. The third-order valence-corrected chi connectivity index (χ3v) is 4.72. The second-order valence-electron chi connectivity index (χ2n) is 7.94. The highest BCUT2D eigenvalue weighted by atomic mass is 15.2. The molecule has 0 aromatic heterocycles. The summed E-state index contributed by atoms with van der Waals surface area (Å²) < 4.78 is 0. The van der Waals surface area contributed by atoms with Crippen LogP contribution in [-0.2, 0) is 0 Å². The first-order chi connectivity index (χ1) is 8.39. The Balaban J connectivity index is 1.90. The van der Waals surface area contributed by atoms with Crippen LogP contribution in [0.3, 0.4) is 0 Å². The SMILES string of the molecule is CC1CCN(CC2(CNC(C)(C)C)CCCC2)C1. The van der Waals surface area contributed by atoms with Crippen LogP contribution in [0.2, 0.25) is 0 Å². The molecule has 0 bridgehead atoms. The van der Waals surface area contributed by atoms with E-state index in [0.717, 1.165) is 5.92 Å². The van der Waals surface area contributed by atoms with Gasteiger partial charge in [0, 0.05) is 25.2 Å². The molecule has 0 aromatic carbocycles. The highest BCUT2D eigenvalue weighted by Gasteiger charge is 2.37. The first-order valence-electron chi connectivity index (χ1n) is 7.86. The van der Waals surface area contributed by atoms with Crippen molar-refractivity contribution in [2.45, 2.75) is 65.3 Å². The minimum atomic E-state index is 0.258. The summed E-state index contributed by atoms with van der Waals surface area (Å²) in [7, 11) is 0. The monoisotopic (exact) mass is 252 g/mol. The largest absolute Gasteiger partial charge is 0.311 e. The van der Waals surface area contributed by atoms with Gasteiger partial charge in [-0.1, -0.05) is 19.8 Å². The van der Waals surface area contributed by atoms with Gasteiger partial charge in [-0.3, -0.25) is 0 Å². The first kappa shape index (κ1) is 14.3. The predicted octanol–water partition coefficient (Wildman–Crippen LogP) is 3.28. The summed E-state index contributed by atoms with van der Waals surface area (Å²) in [5, 5.41) is 3.76. The molecule has 1 saturated heterocycles. The van der Waals surface area contributed by atoms with Crippen LogP contribution in [0.4, 0.5) is 0 Å². The van der Waals surface area contributed by atoms with Crippen molar-refractivity contribution in [1.82, 2.24) is 10.2 Å². The van der Waals surface area contributed by atoms with Crippen molar-refractivity contribution in [3.63, 3.8) is 0 Å². The number of hydrogen-bond acceptors (Lipinski definition) is 2. The second kappa shape index (κ2) is 5.50. The summed E-state index contributed by atoms with van der Waals surface area (Å²) in [4.78, 5) is 2.72. The summed E-state index contributed by atoms with van der Waals surface area (Å²) in [5.74, 6) is 0.916. The number of hydrogen-bond donors (Lipinski definition) is 1. The summed E-state index contributed by atoms with van der Waals surface area (Å²) in [6, 6.07) is 0. The Bertz CT molecular complexity index is 261. The molecule has 1 saturated carbocycles. The van der Waals surface area contributed by atoms with Crippen LogP contribution in [-0.4, -0.2) is 36.6 Å². The van der Waals surface area contributed by atoms with E-state index in [0.29, 0.717) is 5.41 Å². The van der Waals surface area contributed by atoms with Crippen molar-refractivity contribution in [2.24, 2.45) is 11.3 Å². The Morgan fingerprint density at radius 3 is 2.39 bits per heavy atom. The molecule has 0 spiro atoms. The van der Waals surface area contributed by atoms with Gasteiger partial charge in [0.25, 0.3) is 0 Å². The molecule has 106 valence electrons. The molecule has 1 aliphatic carbocycles. The van der Waals surface area contributed by atoms with Gasteiger partial charge in [-0.25, -0.2) is 0 Å². The summed E-state index contributed by atoms with van der Waals surface area (Å²) in [6.45, 7) is 14.5. The Morgan fingerprint density at radius 2 is 1.89 bits per heavy atom. The molecular weight excluding hydrogens is 220 g/mol. The molecule has 2 heteroatoms. The lowest BCUT2D eigenvalue weighted by molar-refractivity contribution is 0.157. The second-order valence-corrected chi connectivity index (χ2v) is 7.94. The molecule has 2 fully saturated rings. The van der Waals surface area contributed by atoms with Crippen molar-refractivity contribution < 1.29 is 0 Å². The van der Waals surface area contributed by atoms with E-state index in [1.54, 1.807) is 0 Å². The fraction of sp³-hybridized carbons (Fsp3) is 1.00. The van der Waals surface area contributed by atoms with Crippen LogP contribution >= 0.6 is 0 Å². The quantitative estimate of drug-likeness (QED) is 0.826. The molecule has 0 aromatic rings. The molecule has 1 heterocycles. The van der Waals surface area contributed by atoms with Gasteiger partial charge in [0.15, 0.2) is 0 Å². The number of nitrogens with zero attached hydrogens (tertiary/aromatic N) is 1. The fourth-order valence-electron chi connectivity index (χ4n) is 3.61. The van der Waals surface area contributed by atoms with E-state index in [1.165, 1.54) is 58.3 Å². The van der Waals surface area contributed by atoms with E-state index in [-0.39, 0.29) is 5.54 Å². The molecule has 2 nitrogen and oxygen atoms in total. The highest BCUT2D eigenvalue weighted by molar-refractivity contribution is 4.92. The van der Waals surface area contributed by atoms with Crippen LogP contribution in [0.25, 0.3) is 0 Å². The van der Waals surface area contributed by atoms with Gasteiger partial charge in [-0.05, 0) is 57.9 Å². The van der Waals surface area contributed by atoms with Crippen LogP contribution in [0.1, 0.15) is 59.8 Å². The van der Waals surface area contributed by atoms with Gasteiger partial charge in [0.05, 0.1) is 0 Å². The third-order valence-electron chi connectivity index (χ3n) is 4.72. The standard InChI is InChI=1S/C16H32N2/c1-14-7-10-18(11-14)13-16(8-5-6-9-16)12-17-15(2,3)4/h14,17H,5-13H2,1-4H3. The molecule has 1 atom stereocenters. The van der Waals surface area contributed by atoms with Crippen LogP contribution < -0.4 is 5.32 Å². The van der Waals surface area contributed by atoms with E-state index in [9.17, 15) is 0 Å². The summed E-state index contributed by atoms with van der Waals surface area (Å²) in [6.07, 6.45) is 7.15. The third kappa shape index (κ3) is 3.96. The minimum absolute atomic E-state index is 0.258. The van der Waals surface area contributed by atoms with Crippen molar-refractivity contribution in [1.29, 1.82) is 0 Å². The summed E-state index contributed by atoms with van der Waals surface area (Å²) >= 11 is 0. The average molecular weight is 252 g/mol. The van der Waals surface area contributed by atoms with Crippen LogP contribution in [0.5, 0.6) is 0 Å². The molecular formula is C16H32N2. The maximum absolute atomic E-state index is 3.76. The highest BCUT2D eigenvalue weighted by Crippen LogP contribution is 2.39. The van der Waals surface area contributed by atoms with E-state index in [4.69, 9.17) is 0 Å². The topological polar surface area (TPSA) is 15.3 Å². The maximum atomic E-state index is 3.76. The number of likely N-dealkylation sites (tertiary alicyclic amines) is 1. The zero-order valence-electron chi connectivity index (χ0n) is 12.9. The van der Waals surface area contributed by atoms with Gasteiger partial charge in [0.1, 0.15) is 0 Å². The Labute approximate surface area is 114 Å². The van der Waals surface area contributed by atoms with E-state index in [2.05, 4.69) is 37.9 Å². The van der Waals surface area contributed by atoms with Gasteiger partial charge in [0.2, 0.25) is 0 Å². The maximum Gasteiger partial charge on any atom is 0.00967 e. The lowest BCUT2D eigenvalue weighted by Gasteiger charge is -2.36. The van der Waals surface area contributed by atoms with Crippen molar-refractivity contribution in [2.75, 3.05) is 26.2 Å². The lowest BCUT2D eigenvalue weighted by Crippen LogP contribution is -2.47. The van der Waals surface area contributed by atoms with Gasteiger partial charge in [-0.2, -0.15) is 0 Å². The first-order valence-corrected chi connectivity index (χ1v) is 7.86. The Hall–Kier alpha value is -0.0800.